The van der Waals surface area contributed by atoms with Crippen LogP contribution in [-0.2, 0) is 14.3 Å². The second-order valence-corrected chi connectivity index (χ2v) is 5.24. The molecular formula is C14H17ClN2O4. The Morgan fingerprint density at radius 2 is 2.33 bits per heavy atom. The van der Waals surface area contributed by atoms with E-state index in [-0.39, 0.29) is 24.4 Å². The number of carbonyl (C=O) groups is 2. The van der Waals surface area contributed by atoms with Gasteiger partial charge in [0, 0.05) is 25.0 Å². The number of halogens is 1. The number of pyridine rings is 1. The van der Waals surface area contributed by atoms with Crippen molar-refractivity contribution in [2.45, 2.75) is 19.4 Å². The fraction of sp³-hybridized carbons (Fsp3) is 0.500. The number of aryl methyl sites for hydroxylation is 1. The lowest BCUT2D eigenvalue weighted by Gasteiger charge is -2.32. The van der Waals surface area contributed by atoms with Gasteiger partial charge in [-0.3, -0.25) is 14.6 Å². The van der Waals surface area contributed by atoms with Crippen molar-refractivity contribution in [1.29, 1.82) is 0 Å². The molecule has 1 fully saturated rings. The SMILES string of the molecule is COC(=O)CC1CN(C(=O)c2cnc(C)cc2Cl)CCO1. The normalized spacial score (nSPS) is 18.4. The molecule has 0 saturated carbocycles. The molecule has 114 valence electrons. The largest absolute Gasteiger partial charge is 0.469 e. The number of rotatable bonds is 3. The fourth-order valence-electron chi connectivity index (χ4n) is 2.15. The first-order valence-electron chi connectivity index (χ1n) is 6.61. The highest BCUT2D eigenvalue weighted by Crippen LogP contribution is 2.19. The van der Waals surface area contributed by atoms with E-state index in [1.807, 2.05) is 0 Å². The van der Waals surface area contributed by atoms with E-state index in [2.05, 4.69) is 9.72 Å². The van der Waals surface area contributed by atoms with Crippen molar-refractivity contribution < 1.29 is 19.1 Å². The molecule has 21 heavy (non-hydrogen) atoms. The highest BCUT2D eigenvalue weighted by Gasteiger charge is 2.28. The summed E-state index contributed by atoms with van der Waals surface area (Å²) < 4.78 is 10.1. The van der Waals surface area contributed by atoms with Crippen molar-refractivity contribution in [2.24, 2.45) is 0 Å². The second kappa shape index (κ2) is 6.87. The number of carbonyl (C=O) groups excluding carboxylic acids is 2. The zero-order valence-corrected chi connectivity index (χ0v) is 12.7. The monoisotopic (exact) mass is 312 g/mol. The van der Waals surface area contributed by atoms with E-state index in [1.165, 1.54) is 13.3 Å². The maximum atomic E-state index is 12.5. The Labute approximate surface area is 128 Å². The van der Waals surface area contributed by atoms with Crippen LogP contribution in [0.15, 0.2) is 12.3 Å². The molecule has 0 spiro atoms. The van der Waals surface area contributed by atoms with Crippen LogP contribution < -0.4 is 0 Å². The van der Waals surface area contributed by atoms with Gasteiger partial charge in [0.1, 0.15) is 0 Å². The quantitative estimate of drug-likeness (QED) is 0.790. The van der Waals surface area contributed by atoms with Crippen molar-refractivity contribution in [1.82, 2.24) is 9.88 Å². The third kappa shape index (κ3) is 3.92. The molecular weight excluding hydrogens is 296 g/mol. The van der Waals surface area contributed by atoms with Crippen molar-refractivity contribution in [3.63, 3.8) is 0 Å². The number of methoxy groups -OCH3 is 1. The van der Waals surface area contributed by atoms with E-state index >= 15 is 0 Å². The Morgan fingerprint density at radius 3 is 3.00 bits per heavy atom. The van der Waals surface area contributed by atoms with Gasteiger partial charge in [-0.25, -0.2) is 0 Å². The third-order valence-corrected chi connectivity index (χ3v) is 3.58. The Balaban J connectivity index is 2.06. The summed E-state index contributed by atoms with van der Waals surface area (Å²) in [5.41, 5.74) is 1.11. The van der Waals surface area contributed by atoms with Crippen LogP contribution in [0.5, 0.6) is 0 Å². The smallest absolute Gasteiger partial charge is 0.308 e. The molecule has 1 aromatic rings. The van der Waals surface area contributed by atoms with Gasteiger partial charge < -0.3 is 14.4 Å². The number of ether oxygens (including phenoxy) is 2. The number of hydrogen-bond acceptors (Lipinski definition) is 5. The highest BCUT2D eigenvalue weighted by molar-refractivity contribution is 6.33. The summed E-state index contributed by atoms with van der Waals surface area (Å²) in [4.78, 5) is 29.5. The second-order valence-electron chi connectivity index (χ2n) is 4.83. The molecule has 1 atom stereocenters. The molecule has 0 bridgehead atoms. The molecule has 0 N–H and O–H groups in total. The Bertz CT molecular complexity index is 550. The Morgan fingerprint density at radius 1 is 1.57 bits per heavy atom. The first-order chi connectivity index (χ1) is 10.0. The molecule has 2 rings (SSSR count). The predicted octanol–water partition coefficient (Wildman–Crippen LogP) is 1.45. The molecule has 1 aliphatic rings. The van der Waals surface area contributed by atoms with Gasteiger partial charge >= 0.3 is 5.97 Å². The fourth-order valence-corrected chi connectivity index (χ4v) is 2.44. The molecule has 6 nitrogen and oxygen atoms in total. The zero-order chi connectivity index (χ0) is 15.4. The number of amides is 1. The maximum absolute atomic E-state index is 12.5. The number of morpholine rings is 1. The number of nitrogens with zero attached hydrogens (tertiary/aromatic N) is 2. The molecule has 1 amide bonds. The average Bonchev–Trinajstić information content (AvgIpc) is 2.47. The molecule has 7 heteroatoms. The first kappa shape index (κ1) is 15.7. The van der Waals surface area contributed by atoms with Gasteiger partial charge in [0.25, 0.3) is 5.91 Å². The Kier molecular flexibility index (Phi) is 5.14. The molecule has 0 aromatic carbocycles. The van der Waals surface area contributed by atoms with E-state index in [9.17, 15) is 9.59 Å². The van der Waals surface area contributed by atoms with Crippen molar-refractivity contribution in [3.05, 3.63) is 28.5 Å². The van der Waals surface area contributed by atoms with Gasteiger partial charge in [-0.05, 0) is 13.0 Å². The standard InChI is InChI=1S/C14H17ClN2O4/c1-9-5-12(15)11(7-16-9)14(19)17-3-4-21-10(8-17)6-13(18)20-2/h5,7,10H,3-4,6,8H2,1-2H3. The van der Waals surface area contributed by atoms with Gasteiger partial charge in [0.15, 0.2) is 0 Å². The van der Waals surface area contributed by atoms with Crippen LogP contribution in [0.4, 0.5) is 0 Å². The minimum absolute atomic E-state index is 0.125. The van der Waals surface area contributed by atoms with Crippen LogP contribution in [0.25, 0.3) is 0 Å². The molecule has 1 aromatic heterocycles. The van der Waals surface area contributed by atoms with Crippen molar-refractivity contribution in [2.75, 3.05) is 26.8 Å². The predicted molar refractivity (Wildman–Crippen MR) is 76.3 cm³/mol. The lowest BCUT2D eigenvalue weighted by atomic mass is 10.1. The van der Waals surface area contributed by atoms with E-state index in [1.54, 1.807) is 17.9 Å². The first-order valence-corrected chi connectivity index (χ1v) is 6.99. The number of aromatic nitrogens is 1. The van der Waals surface area contributed by atoms with Crippen LogP contribution >= 0.6 is 11.6 Å². The molecule has 1 saturated heterocycles. The van der Waals surface area contributed by atoms with Gasteiger partial charge in [-0.1, -0.05) is 11.6 Å². The van der Waals surface area contributed by atoms with Gasteiger partial charge in [-0.15, -0.1) is 0 Å². The van der Waals surface area contributed by atoms with E-state index in [0.717, 1.165) is 5.69 Å². The van der Waals surface area contributed by atoms with Crippen LogP contribution in [0.3, 0.4) is 0 Å². The van der Waals surface area contributed by atoms with Gasteiger partial charge in [0.2, 0.25) is 0 Å². The summed E-state index contributed by atoms with van der Waals surface area (Å²) in [6.45, 7) is 2.98. The summed E-state index contributed by atoms with van der Waals surface area (Å²) in [6, 6.07) is 1.65. The molecule has 2 heterocycles. The average molecular weight is 313 g/mol. The van der Waals surface area contributed by atoms with Crippen LogP contribution in [0, 0.1) is 6.92 Å². The van der Waals surface area contributed by atoms with Crippen LogP contribution in [-0.4, -0.2) is 54.7 Å². The molecule has 1 unspecified atom stereocenters. The van der Waals surface area contributed by atoms with E-state index in [0.29, 0.717) is 30.3 Å². The van der Waals surface area contributed by atoms with Crippen molar-refractivity contribution in [3.8, 4) is 0 Å². The molecule has 0 radical (unpaired) electrons. The minimum Gasteiger partial charge on any atom is -0.469 e. The summed E-state index contributed by atoms with van der Waals surface area (Å²) >= 11 is 6.09. The van der Waals surface area contributed by atoms with Crippen molar-refractivity contribution >= 4 is 23.5 Å². The highest BCUT2D eigenvalue weighted by atomic mass is 35.5. The van der Waals surface area contributed by atoms with Crippen LogP contribution in [0.1, 0.15) is 22.5 Å². The Hall–Kier alpha value is -1.66. The summed E-state index contributed by atoms with van der Waals surface area (Å²) in [6.07, 6.45) is 1.25. The lowest BCUT2D eigenvalue weighted by Crippen LogP contribution is -2.46. The third-order valence-electron chi connectivity index (χ3n) is 3.27. The zero-order valence-electron chi connectivity index (χ0n) is 12.0. The maximum Gasteiger partial charge on any atom is 0.308 e. The lowest BCUT2D eigenvalue weighted by molar-refractivity contribution is -0.145. The summed E-state index contributed by atoms with van der Waals surface area (Å²) in [5.74, 6) is -0.560. The molecule has 1 aliphatic heterocycles. The number of esters is 1. The van der Waals surface area contributed by atoms with E-state index in [4.69, 9.17) is 16.3 Å². The van der Waals surface area contributed by atoms with Gasteiger partial charge in [-0.2, -0.15) is 0 Å². The minimum atomic E-state index is -0.357. The van der Waals surface area contributed by atoms with Crippen LogP contribution in [0.2, 0.25) is 5.02 Å². The topological polar surface area (TPSA) is 68.7 Å². The van der Waals surface area contributed by atoms with Gasteiger partial charge in [0.05, 0.1) is 36.8 Å². The molecule has 0 aliphatic carbocycles. The number of hydrogen-bond donors (Lipinski definition) is 0. The van der Waals surface area contributed by atoms with E-state index < -0.39 is 0 Å². The summed E-state index contributed by atoms with van der Waals surface area (Å²) in [5, 5.41) is 0.378. The summed E-state index contributed by atoms with van der Waals surface area (Å²) in [7, 11) is 1.33.